The van der Waals surface area contributed by atoms with Crippen molar-refractivity contribution < 1.29 is 4.79 Å². The second kappa shape index (κ2) is 9.85. The van der Waals surface area contributed by atoms with E-state index in [2.05, 4.69) is 32.5 Å². The standard InChI is InChI=1S/C20H28N6O/c1-2-3-4-5-6-7-8-11-16-14-26(25-24-16)15-19(27)23-20-21-17-12-9-10-13-18(17)22-20/h9-10,12-14H,2-8,11,15H2,1H3,(H2,21,22,23,27). The van der Waals surface area contributed by atoms with Crippen molar-refractivity contribution in [2.75, 3.05) is 5.32 Å². The number of fused-ring (bicyclic) bond motifs is 1. The number of nitrogens with zero attached hydrogens (tertiary/aromatic N) is 4. The van der Waals surface area contributed by atoms with Gasteiger partial charge in [-0.25, -0.2) is 9.67 Å². The fourth-order valence-electron chi connectivity index (χ4n) is 3.12. The first-order valence-corrected chi connectivity index (χ1v) is 9.88. The fourth-order valence-corrected chi connectivity index (χ4v) is 3.12. The molecule has 2 aromatic heterocycles. The maximum absolute atomic E-state index is 12.2. The van der Waals surface area contributed by atoms with Gasteiger partial charge in [0, 0.05) is 6.20 Å². The lowest BCUT2D eigenvalue weighted by atomic mass is 10.1. The quantitative estimate of drug-likeness (QED) is 0.499. The number of unbranched alkanes of at least 4 members (excludes halogenated alkanes) is 6. The van der Waals surface area contributed by atoms with Gasteiger partial charge < -0.3 is 4.98 Å². The highest BCUT2D eigenvalue weighted by Gasteiger charge is 2.09. The van der Waals surface area contributed by atoms with E-state index in [9.17, 15) is 4.79 Å². The van der Waals surface area contributed by atoms with Crippen molar-refractivity contribution in [3.05, 3.63) is 36.2 Å². The van der Waals surface area contributed by atoms with Crippen molar-refractivity contribution in [2.24, 2.45) is 0 Å². The molecule has 2 heterocycles. The maximum Gasteiger partial charge on any atom is 0.248 e. The van der Waals surface area contributed by atoms with Gasteiger partial charge in [0.15, 0.2) is 0 Å². The molecule has 1 amide bonds. The summed E-state index contributed by atoms with van der Waals surface area (Å²) < 4.78 is 1.58. The topological polar surface area (TPSA) is 88.5 Å². The van der Waals surface area contributed by atoms with E-state index in [1.54, 1.807) is 4.68 Å². The minimum atomic E-state index is -0.179. The van der Waals surface area contributed by atoms with E-state index in [0.717, 1.165) is 29.6 Å². The third-order valence-corrected chi connectivity index (χ3v) is 4.58. The average molecular weight is 368 g/mol. The van der Waals surface area contributed by atoms with Crippen LogP contribution in [0.4, 0.5) is 5.95 Å². The maximum atomic E-state index is 12.2. The van der Waals surface area contributed by atoms with Gasteiger partial charge in [0.05, 0.1) is 16.7 Å². The summed E-state index contributed by atoms with van der Waals surface area (Å²) in [6.07, 6.45) is 11.7. The number of amides is 1. The van der Waals surface area contributed by atoms with Gasteiger partial charge in [-0.3, -0.25) is 10.1 Å². The number of nitrogens with one attached hydrogen (secondary N) is 2. The van der Waals surface area contributed by atoms with Gasteiger partial charge in [-0.1, -0.05) is 62.8 Å². The molecule has 7 heteroatoms. The first-order chi connectivity index (χ1) is 13.2. The largest absolute Gasteiger partial charge is 0.324 e. The molecule has 0 bridgehead atoms. The van der Waals surface area contributed by atoms with E-state index in [1.807, 2.05) is 30.5 Å². The molecule has 0 fully saturated rings. The zero-order valence-corrected chi connectivity index (χ0v) is 15.9. The van der Waals surface area contributed by atoms with Crippen LogP contribution in [0, 0.1) is 0 Å². The second-order valence-corrected chi connectivity index (χ2v) is 6.93. The summed E-state index contributed by atoms with van der Waals surface area (Å²) in [4.78, 5) is 19.6. The molecule has 1 aromatic carbocycles. The summed E-state index contributed by atoms with van der Waals surface area (Å²) in [5.41, 5.74) is 2.66. The van der Waals surface area contributed by atoms with Crippen molar-refractivity contribution in [3.8, 4) is 0 Å². The lowest BCUT2D eigenvalue weighted by Crippen LogP contribution is -2.19. The van der Waals surface area contributed by atoms with Crippen LogP contribution < -0.4 is 5.32 Å². The molecular formula is C20H28N6O. The zero-order valence-electron chi connectivity index (χ0n) is 15.9. The van der Waals surface area contributed by atoms with Gasteiger partial charge in [0.2, 0.25) is 11.9 Å². The Kier molecular flexibility index (Phi) is 6.96. The van der Waals surface area contributed by atoms with Gasteiger partial charge in [-0.15, -0.1) is 5.10 Å². The Morgan fingerprint density at radius 2 is 1.89 bits per heavy atom. The van der Waals surface area contributed by atoms with E-state index in [-0.39, 0.29) is 12.5 Å². The number of benzene rings is 1. The van der Waals surface area contributed by atoms with Crippen LogP contribution in [0.3, 0.4) is 0 Å². The summed E-state index contributed by atoms with van der Waals surface area (Å²) >= 11 is 0. The van der Waals surface area contributed by atoms with E-state index in [4.69, 9.17) is 0 Å². The Bertz CT molecular complexity index is 820. The SMILES string of the molecule is CCCCCCCCCc1cn(CC(=O)Nc2nc3ccccc3[nH]2)nn1. The Labute approximate surface area is 159 Å². The van der Waals surface area contributed by atoms with E-state index in [0.29, 0.717) is 5.95 Å². The Morgan fingerprint density at radius 3 is 2.70 bits per heavy atom. The summed E-state index contributed by atoms with van der Waals surface area (Å²) in [5, 5.41) is 11.0. The molecule has 0 saturated carbocycles. The number of hydrogen-bond donors (Lipinski definition) is 2. The van der Waals surface area contributed by atoms with Crippen LogP contribution in [0.2, 0.25) is 0 Å². The third-order valence-electron chi connectivity index (χ3n) is 4.58. The summed E-state index contributed by atoms with van der Waals surface area (Å²) in [6.45, 7) is 2.36. The number of rotatable bonds is 11. The number of carbonyl (C=O) groups excluding carboxylic acids is 1. The van der Waals surface area contributed by atoms with Crippen molar-refractivity contribution in [1.82, 2.24) is 25.0 Å². The van der Waals surface area contributed by atoms with Crippen LogP contribution in [-0.4, -0.2) is 30.9 Å². The Balaban J connectivity index is 1.40. The molecule has 3 aromatic rings. The highest BCUT2D eigenvalue weighted by molar-refractivity contribution is 5.90. The Morgan fingerprint density at radius 1 is 1.11 bits per heavy atom. The lowest BCUT2D eigenvalue weighted by molar-refractivity contribution is -0.117. The number of aromatic amines is 1. The Hall–Kier alpha value is -2.70. The summed E-state index contributed by atoms with van der Waals surface area (Å²) in [5.74, 6) is 0.269. The molecule has 0 saturated heterocycles. The molecule has 3 rings (SSSR count). The van der Waals surface area contributed by atoms with Crippen molar-refractivity contribution in [2.45, 2.75) is 64.8 Å². The fraction of sp³-hybridized carbons (Fsp3) is 0.500. The van der Waals surface area contributed by atoms with E-state index in [1.165, 1.54) is 38.5 Å². The number of para-hydroxylation sites is 2. The molecule has 2 N–H and O–H groups in total. The average Bonchev–Trinajstić information content (AvgIpc) is 3.26. The first kappa shape index (κ1) is 19.1. The van der Waals surface area contributed by atoms with Gasteiger partial charge in [-0.2, -0.15) is 0 Å². The molecule has 0 spiro atoms. The van der Waals surface area contributed by atoms with Gasteiger partial charge >= 0.3 is 0 Å². The summed E-state index contributed by atoms with van der Waals surface area (Å²) in [7, 11) is 0. The molecular weight excluding hydrogens is 340 g/mol. The predicted molar refractivity (Wildman–Crippen MR) is 106 cm³/mol. The third kappa shape index (κ3) is 5.91. The van der Waals surface area contributed by atoms with Crippen molar-refractivity contribution in [3.63, 3.8) is 0 Å². The molecule has 0 unspecified atom stereocenters. The zero-order chi connectivity index (χ0) is 18.9. The van der Waals surface area contributed by atoms with E-state index >= 15 is 0 Å². The monoisotopic (exact) mass is 368 g/mol. The molecule has 0 atom stereocenters. The van der Waals surface area contributed by atoms with Crippen LogP contribution in [0.5, 0.6) is 0 Å². The van der Waals surface area contributed by atoms with Gasteiger partial charge in [0.1, 0.15) is 6.54 Å². The van der Waals surface area contributed by atoms with Crippen LogP contribution >= 0.6 is 0 Å². The van der Waals surface area contributed by atoms with Gasteiger partial charge in [-0.05, 0) is 25.0 Å². The highest BCUT2D eigenvalue weighted by Crippen LogP contribution is 2.13. The molecule has 0 aliphatic rings. The lowest BCUT2D eigenvalue weighted by Gasteiger charge is -2.01. The molecule has 27 heavy (non-hydrogen) atoms. The minimum absolute atomic E-state index is 0.126. The number of aryl methyl sites for hydroxylation is 1. The number of imidazole rings is 1. The molecule has 0 aliphatic carbocycles. The molecule has 144 valence electrons. The van der Waals surface area contributed by atoms with Crippen LogP contribution in [-0.2, 0) is 17.8 Å². The predicted octanol–water partition coefficient (Wildman–Crippen LogP) is 4.09. The minimum Gasteiger partial charge on any atom is -0.324 e. The highest BCUT2D eigenvalue weighted by atomic mass is 16.2. The molecule has 0 radical (unpaired) electrons. The molecule has 0 aliphatic heterocycles. The second-order valence-electron chi connectivity index (χ2n) is 6.93. The number of aromatic nitrogens is 5. The molecule has 7 nitrogen and oxygen atoms in total. The normalized spacial score (nSPS) is 11.1. The van der Waals surface area contributed by atoms with Crippen LogP contribution in [0.15, 0.2) is 30.5 Å². The smallest absolute Gasteiger partial charge is 0.248 e. The van der Waals surface area contributed by atoms with Crippen molar-refractivity contribution >= 4 is 22.9 Å². The van der Waals surface area contributed by atoms with Crippen LogP contribution in [0.25, 0.3) is 11.0 Å². The number of carbonyl (C=O) groups is 1. The number of hydrogen-bond acceptors (Lipinski definition) is 4. The van der Waals surface area contributed by atoms with Crippen molar-refractivity contribution in [1.29, 1.82) is 0 Å². The first-order valence-electron chi connectivity index (χ1n) is 9.88. The van der Waals surface area contributed by atoms with Gasteiger partial charge in [0.25, 0.3) is 0 Å². The number of anilines is 1. The van der Waals surface area contributed by atoms with Crippen LogP contribution in [0.1, 0.15) is 57.6 Å². The van der Waals surface area contributed by atoms with E-state index < -0.39 is 0 Å². The summed E-state index contributed by atoms with van der Waals surface area (Å²) in [6, 6.07) is 7.66. The number of H-pyrrole nitrogens is 1.